The highest BCUT2D eigenvalue weighted by Gasteiger charge is 2.37. The summed E-state index contributed by atoms with van der Waals surface area (Å²) in [6, 6.07) is 3.76. The molecule has 0 radical (unpaired) electrons. The molecule has 1 aliphatic heterocycles. The van der Waals surface area contributed by atoms with Gasteiger partial charge in [-0.3, -0.25) is 9.59 Å². The lowest BCUT2D eigenvalue weighted by Crippen LogP contribution is -2.34. The highest BCUT2D eigenvalue weighted by Crippen LogP contribution is 2.33. The number of carbonyl (C=O) groups is 2. The quantitative estimate of drug-likeness (QED) is 0.823. The summed E-state index contributed by atoms with van der Waals surface area (Å²) in [7, 11) is 0. The van der Waals surface area contributed by atoms with Gasteiger partial charge >= 0.3 is 0 Å². The highest BCUT2D eigenvalue weighted by atomic mass is 16.3. The van der Waals surface area contributed by atoms with Crippen LogP contribution in [0.3, 0.4) is 0 Å². The monoisotopic (exact) mass is 247 g/mol. The number of fused-ring (bicyclic) bond motifs is 1. The molecule has 1 aliphatic rings. The van der Waals surface area contributed by atoms with Gasteiger partial charge in [0.2, 0.25) is 0 Å². The SMILES string of the molecule is Cc1cc(C)c2c(c1)N(CC(C)CO)C(=O)C2=O. The second-order valence-electron chi connectivity index (χ2n) is 5.01. The van der Waals surface area contributed by atoms with Crippen LogP contribution < -0.4 is 4.90 Å². The Kier molecular flexibility index (Phi) is 3.22. The second-order valence-corrected chi connectivity index (χ2v) is 5.01. The maximum absolute atomic E-state index is 12.0. The van der Waals surface area contributed by atoms with Crippen LogP contribution in [0.25, 0.3) is 0 Å². The number of aryl methyl sites for hydroxylation is 2. The van der Waals surface area contributed by atoms with Crippen molar-refractivity contribution in [3.63, 3.8) is 0 Å². The van der Waals surface area contributed by atoms with Crippen LogP contribution >= 0.6 is 0 Å². The number of amides is 1. The van der Waals surface area contributed by atoms with Crippen molar-refractivity contribution in [1.82, 2.24) is 0 Å². The molecule has 4 nitrogen and oxygen atoms in total. The average Bonchev–Trinajstić information content (AvgIpc) is 2.54. The van der Waals surface area contributed by atoms with Gasteiger partial charge in [0, 0.05) is 13.2 Å². The summed E-state index contributed by atoms with van der Waals surface area (Å²) in [5, 5.41) is 9.08. The van der Waals surface area contributed by atoms with E-state index in [9.17, 15) is 9.59 Å². The fourth-order valence-corrected chi connectivity index (χ4v) is 2.34. The molecule has 0 saturated carbocycles. The lowest BCUT2D eigenvalue weighted by molar-refractivity contribution is -0.114. The Labute approximate surface area is 106 Å². The Morgan fingerprint density at radius 3 is 2.56 bits per heavy atom. The molecule has 0 fully saturated rings. The average molecular weight is 247 g/mol. The summed E-state index contributed by atoms with van der Waals surface area (Å²) < 4.78 is 0. The van der Waals surface area contributed by atoms with Crippen molar-refractivity contribution in [3.8, 4) is 0 Å². The number of ketones is 1. The van der Waals surface area contributed by atoms with E-state index in [2.05, 4.69) is 0 Å². The van der Waals surface area contributed by atoms with Crippen molar-refractivity contribution in [2.24, 2.45) is 5.92 Å². The first-order valence-electron chi connectivity index (χ1n) is 6.04. The van der Waals surface area contributed by atoms with Crippen molar-refractivity contribution in [1.29, 1.82) is 0 Å². The van der Waals surface area contributed by atoms with Crippen molar-refractivity contribution >= 4 is 17.4 Å². The number of anilines is 1. The van der Waals surface area contributed by atoms with Crippen LogP contribution in [0.2, 0.25) is 0 Å². The Balaban J connectivity index is 2.48. The van der Waals surface area contributed by atoms with E-state index >= 15 is 0 Å². The lowest BCUT2D eigenvalue weighted by Gasteiger charge is -2.20. The van der Waals surface area contributed by atoms with Crippen LogP contribution in [0, 0.1) is 19.8 Å². The van der Waals surface area contributed by atoms with Gasteiger partial charge in [0.1, 0.15) is 0 Å². The summed E-state index contributed by atoms with van der Waals surface area (Å²) in [6.07, 6.45) is 0. The van der Waals surface area contributed by atoms with E-state index in [4.69, 9.17) is 5.11 Å². The van der Waals surface area contributed by atoms with Crippen molar-refractivity contribution in [3.05, 3.63) is 28.8 Å². The fraction of sp³-hybridized carbons (Fsp3) is 0.429. The van der Waals surface area contributed by atoms with Crippen LogP contribution in [0.15, 0.2) is 12.1 Å². The Morgan fingerprint density at radius 1 is 1.28 bits per heavy atom. The van der Waals surface area contributed by atoms with Crippen molar-refractivity contribution in [2.45, 2.75) is 20.8 Å². The maximum atomic E-state index is 12.0. The number of aliphatic hydroxyl groups is 1. The molecule has 2 rings (SSSR count). The minimum atomic E-state index is -0.487. The van der Waals surface area contributed by atoms with Gasteiger partial charge in [-0.05, 0) is 37.0 Å². The Bertz CT molecular complexity index is 522. The number of benzene rings is 1. The van der Waals surface area contributed by atoms with Gasteiger partial charge in [-0.25, -0.2) is 0 Å². The smallest absolute Gasteiger partial charge is 0.299 e. The number of nitrogens with zero attached hydrogens (tertiary/aromatic N) is 1. The summed E-state index contributed by atoms with van der Waals surface area (Å²) in [4.78, 5) is 25.4. The van der Waals surface area contributed by atoms with Crippen LogP contribution in [-0.4, -0.2) is 29.9 Å². The Morgan fingerprint density at radius 2 is 1.94 bits per heavy atom. The molecule has 96 valence electrons. The van der Waals surface area contributed by atoms with Crippen LogP contribution in [0.1, 0.15) is 28.4 Å². The van der Waals surface area contributed by atoms with Gasteiger partial charge in [-0.2, -0.15) is 0 Å². The number of hydrogen-bond donors (Lipinski definition) is 1. The molecule has 1 atom stereocenters. The molecule has 0 aliphatic carbocycles. The number of hydrogen-bond acceptors (Lipinski definition) is 3. The van der Waals surface area contributed by atoms with Crippen LogP contribution in [-0.2, 0) is 4.79 Å². The largest absolute Gasteiger partial charge is 0.396 e. The first-order valence-corrected chi connectivity index (χ1v) is 6.04. The van der Waals surface area contributed by atoms with Gasteiger partial charge in [-0.1, -0.05) is 13.0 Å². The summed E-state index contributed by atoms with van der Waals surface area (Å²) >= 11 is 0. The minimum absolute atomic E-state index is 0.00188. The second kappa shape index (κ2) is 4.53. The summed E-state index contributed by atoms with van der Waals surface area (Å²) in [6.45, 7) is 6.00. The van der Waals surface area contributed by atoms with Gasteiger partial charge in [0.15, 0.2) is 0 Å². The molecule has 4 heteroatoms. The van der Waals surface area contributed by atoms with Gasteiger partial charge in [0.05, 0.1) is 11.3 Å². The molecule has 0 saturated heterocycles. The lowest BCUT2D eigenvalue weighted by atomic mass is 10.0. The molecule has 18 heavy (non-hydrogen) atoms. The molecule has 1 N–H and O–H groups in total. The van der Waals surface area contributed by atoms with E-state index in [1.165, 1.54) is 4.90 Å². The van der Waals surface area contributed by atoms with Crippen LogP contribution in [0.5, 0.6) is 0 Å². The zero-order valence-corrected chi connectivity index (χ0v) is 10.9. The van der Waals surface area contributed by atoms with E-state index < -0.39 is 11.7 Å². The third-order valence-corrected chi connectivity index (χ3v) is 3.22. The zero-order chi connectivity index (χ0) is 13.4. The molecule has 0 aromatic heterocycles. The van der Waals surface area contributed by atoms with E-state index in [-0.39, 0.29) is 12.5 Å². The normalized spacial score (nSPS) is 16.1. The summed E-state index contributed by atoms with van der Waals surface area (Å²) in [5.41, 5.74) is 3.05. The number of rotatable bonds is 3. The first kappa shape index (κ1) is 12.8. The van der Waals surface area contributed by atoms with Crippen LogP contribution in [0.4, 0.5) is 5.69 Å². The van der Waals surface area contributed by atoms with Crippen molar-refractivity contribution < 1.29 is 14.7 Å². The Hall–Kier alpha value is -1.68. The highest BCUT2D eigenvalue weighted by molar-refractivity contribution is 6.52. The molecule has 1 heterocycles. The third kappa shape index (κ3) is 1.93. The van der Waals surface area contributed by atoms with Gasteiger partial charge in [0.25, 0.3) is 11.7 Å². The molecule has 1 unspecified atom stereocenters. The van der Waals surface area contributed by atoms with E-state index in [1.807, 2.05) is 32.9 Å². The van der Waals surface area contributed by atoms with E-state index in [0.717, 1.165) is 11.1 Å². The topological polar surface area (TPSA) is 57.6 Å². The van der Waals surface area contributed by atoms with Gasteiger partial charge in [-0.15, -0.1) is 0 Å². The third-order valence-electron chi connectivity index (χ3n) is 3.22. The fourth-order valence-electron chi connectivity index (χ4n) is 2.34. The van der Waals surface area contributed by atoms with E-state index in [0.29, 0.717) is 17.8 Å². The molecular formula is C14H17NO3. The zero-order valence-electron chi connectivity index (χ0n) is 10.9. The first-order chi connectivity index (χ1) is 8.45. The molecule has 0 spiro atoms. The molecule has 1 aromatic rings. The predicted octanol–water partition coefficient (Wildman–Crippen LogP) is 1.46. The van der Waals surface area contributed by atoms with Gasteiger partial charge < -0.3 is 10.0 Å². The molecule has 0 bridgehead atoms. The van der Waals surface area contributed by atoms with Crippen molar-refractivity contribution in [2.75, 3.05) is 18.1 Å². The number of carbonyl (C=O) groups excluding carboxylic acids is 2. The summed E-state index contributed by atoms with van der Waals surface area (Å²) in [5.74, 6) is -0.972. The molecule has 1 aromatic carbocycles. The predicted molar refractivity (Wildman–Crippen MR) is 68.8 cm³/mol. The minimum Gasteiger partial charge on any atom is -0.396 e. The molecule has 1 amide bonds. The number of aliphatic hydroxyl groups excluding tert-OH is 1. The molecular weight excluding hydrogens is 230 g/mol. The van der Waals surface area contributed by atoms with E-state index in [1.54, 1.807) is 0 Å². The number of Topliss-reactive ketones (excluding diaryl/α,β-unsaturated/α-hetero) is 1. The maximum Gasteiger partial charge on any atom is 0.299 e. The standard InChI is InChI=1S/C14H17NO3/c1-8-4-10(3)12-11(5-8)15(6-9(2)7-16)14(18)13(12)17/h4-5,9,16H,6-7H2,1-3H3.